The lowest BCUT2D eigenvalue weighted by molar-refractivity contribution is -0.131. The zero-order chi connectivity index (χ0) is 20.2. The van der Waals surface area contributed by atoms with Gasteiger partial charge >= 0.3 is 5.69 Å². The first-order valence-electron chi connectivity index (χ1n) is 9.75. The number of aromatic amines is 1. The van der Waals surface area contributed by atoms with Crippen LogP contribution in [-0.4, -0.2) is 45.8 Å². The number of aromatic nitrogens is 3. The van der Waals surface area contributed by atoms with Gasteiger partial charge < -0.3 is 9.64 Å². The van der Waals surface area contributed by atoms with Crippen LogP contribution in [0.5, 0.6) is 5.75 Å². The van der Waals surface area contributed by atoms with E-state index in [1.165, 1.54) is 11.3 Å². The molecule has 1 amide bonds. The van der Waals surface area contributed by atoms with Crippen molar-refractivity contribution in [2.75, 3.05) is 20.2 Å². The number of ether oxygens (including phenoxy) is 1. The number of rotatable bonds is 6. The SMILES string of the molecule is COc1ccccc1CC(=O)N1CCC(Cc2n[nH]c(=O)n2-c2cccs2)CC1. The molecule has 4 rings (SSSR count). The minimum Gasteiger partial charge on any atom is -0.496 e. The van der Waals surface area contributed by atoms with Crippen molar-refractivity contribution in [3.05, 3.63) is 63.7 Å². The lowest BCUT2D eigenvalue weighted by Gasteiger charge is -2.32. The second-order valence-electron chi connectivity index (χ2n) is 7.25. The normalized spacial score (nSPS) is 14.9. The van der Waals surface area contributed by atoms with E-state index in [1.54, 1.807) is 11.7 Å². The fraction of sp³-hybridized carbons (Fsp3) is 0.381. The molecule has 3 heterocycles. The molecule has 1 aliphatic rings. The molecule has 0 spiro atoms. The van der Waals surface area contributed by atoms with Crippen LogP contribution in [0.25, 0.3) is 5.00 Å². The Kier molecular flexibility index (Phi) is 5.80. The number of amides is 1. The number of benzene rings is 1. The third-order valence-electron chi connectivity index (χ3n) is 5.44. The largest absolute Gasteiger partial charge is 0.496 e. The number of piperidine rings is 1. The molecule has 152 valence electrons. The van der Waals surface area contributed by atoms with Gasteiger partial charge in [0.1, 0.15) is 16.6 Å². The van der Waals surface area contributed by atoms with Crippen molar-refractivity contribution in [1.29, 1.82) is 0 Å². The van der Waals surface area contributed by atoms with E-state index in [2.05, 4.69) is 10.2 Å². The molecule has 2 aromatic heterocycles. The number of H-pyrrole nitrogens is 1. The molecule has 0 radical (unpaired) electrons. The quantitative estimate of drug-likeness (QED) is 0.675. The fourth-order valence-electron chi connectivity index (χ4n) is 3.86. The molecule has 0 saturated carbocycles. The number of carbonyl (C=O) groups is 1. The van der Waals surface area contributed by atoms with E-state index in [9.17, 15) is 9.59 Å². The highest BCUT2D eigenvalue weighted by Crippen LogP contribution is 2.24. The van der Waals surface area contributed by atoms with Crippen molar-refractivity contribution in [3.8, 4) is 10.8 Å². The van der Waals surface area contributed by atoms with Crippen LogP contribution < -0.4 is 10.4 Å². The first-order chi connectivity index (χ1) is 14.2. The summed E-state index contributed by atoms with van der Waals surface area (Å²) >= 11 is 1.52. The van der Waals surface area contributed by atoms with Crippen molar-refractivity contribution >= 4 is 17.2 Å². The summed E-state index contributed by atoms with van der Waals surface area (Å²) in [6.07, 6.45) is 2.89. The van der Waals surface area contributed by atoms with Crippen LogP contribution in [0.1, 0.15) is 24.2 Å². The highest BCUT2D eigenvalue weighted by molar-refractivity contribution is 7.12. The average molecular weight is 413 g/mol. The summed E-state index contributed by atoms with van der Waals surface area (Å²) in [5.41, 5.74) is 0.713. The Bertz CT molecular complexity index is 1020. The third-order valence-corrected chi connectivity index (χ3v) is 6.29. The van der Waals surface area contributed by atoms with Gasteiger partial charge in [-0.2, -0.15) is 5.10 Å². The summed E-state index contributed by atoms with van der Waals surface area (Å²) in [7, 11) is 1.62. The molecule has 1 saturated heterocycles. The lowest BCUT2D eigenvalue weighted by Crippen LogP contribution is -2.40. The molecule has 1 aliphatic heterocycles. The predicted octanol–water partition coefficient (Wildman–Crippen LogP) is 2.65. The Balaban J connectivity index is 1.36. The van der Waals surface area contributed by atoms with Gasteiger partial charge in [-0.3, -0.25) is 4.79 Å². The average Bonchev–Trinajstić information content (AvgIpc) is 3.38. The monoisotopic (exact) mass is 412 g/mol. The molecule has 0 aliphatic carbocycles. The van der Waals surface area contributed by atoms with Gasteiger partial charge in [0, 0.05) is 25.1 Å². The van der Waals surface area contributed by atoms with Crippen molar-refractivity contribution in [2.45, 2.75) is 25.7 Å². The topological polar surface area (TPSA) is 80.2 Å². The summed E-state index contributed by atoms with van der Waals surface area (Å²) in [6.45, 7) is 1.46. The molecule has 0 unspecified atom stereocenters. The number of methoxy groups -OCH3 is 1. The minimum absolute atomic E-state index is 0.128. The van der Waals surface area contributed by atoms with Gasteiger partial charge in [0.2, 0.25) is 5.91 Å². The number of likely N-dealkylation sites (tertiary alicyclic amines) is 1. The van der Waals surface area contributed by atoms with Crippen molar-refractivity contribution in [1.82, 2.24) is 19.7 Å². The predicted molar refractivity (Wildman–Crippen MR) is 112 cm³/mol. The van der Waals surface area contributed by atoms with Crippen LogP contribution in [0, 0.1) is 5.92 Å². The molecular formula is C21H24N4O3S. The van der Waals surface area contributed by atoms with Gasteiger partial charge in [-0.15, -0.1) is 11.3 Å². The van der Waals surface area contributed by atoms with E-state index in [0.717, 1.165) is 54.5 Å². The van der Waals surface area contributed by atoms with Gasteiger partial charge in [-0.25, -0.2) is 14.5 Å². The van der Waals surface area contributed by atoms with Crippen LogP contribution in [0.4, 0.5) is 0 Å². The third kappa shape index (κ3) is 4.27. The van der Waals surface area contributed by atoms with Gasteiger partial charge in [-0.1, -0.05) is 18.2 Å². The van der Waals surface area contributed by atoms with E-state index < -0.39 is 0 Å². The van der Waals surface area contributed by atoms with Crippen LogP contribution in [-0.2, 0) is 17.6 Å². The van der Waals surface area contributed by atoms with E-state index in [-0.39, 0.29) is 11.6 Å². The number of carbonyl (C=O) groups excluding carboxylic acids is 1. The Morgan fingerprint density at radius 3 is 2.76 bits per heavy atom. The van der Waals surface area contributed by atoms with Crippen LogP contribution in [0.3, 0.4) is 0 Å². The maximum Gasteiger partial charge on any atom is 0.348 e. The lowest BCUT2D eigenvalue weighted by atomic mass is 9.93. The Labute approximate surface area is 172 Å². The summed E-state index contributed by atoms with van der Waals surface area (Å²) in [5.74, 6) is 2.04. The summed E-state index contributed by atoms with van der Waals surface area (Å²) in [5, 5.41) is 9.63. The van der Waals surface area contributed by atoms with Gasteiger partial charge in [0.25, 0.3) is 0 Å². The summed E-state index contributed by atoms with van der Waals surface area (Å²) < 4.78 is 7.01. The van der Waals surface area contributed by atoms with Crippen molar-refractivity contribution in [2.24, 2.45) is 5.92 Å². The van der Waals surface area contributed by atoms with Crippen LogP contribution >= 0.6 is 11.3 Å². The maximum atomic E-state index is 12.7. The number of hydrogen-bond acceptors (Lipinski definition) is 5. The first-order valence-corrected chi connectivity index (χ1v) is 10.6. The second kappa shape index (κ2) is 8.65. The molecule has 7 nitrogen and oxygen atoms in total. The zero-order valence-electron chi connectivity index (χ0n) is 16.3. The fourth-order valence-corrected chi connectivity index (χ4v) is 4.61. The Morgan fingerprint density at radius 2 is 2.03 bits per heavy atom. The van der Waals surface area contributed by atoms with Crippen LogP contribution in [0.15, 0.2) is 46.6 Å². The molecule has 29 heavy (non-hydrogen) atoms. The number of nitrogens with zero attached hydrogens (tertiary/aromatic N) is 3. The summed E-state index contributed by atoms with van der Waals surface area (Å²) in [4.78, 5) is 26.8. The molecule has 1 fully saturated rings. The van der Waals surface area contributed by atoms with Crippen molar-refractivity contribution in [3.63, 3.8) is 0 Å². The van der Waals surface area contributed by atoms with Crippen LogP contribution in [0.2, 0.25) is 0 Å². The molecule has 0 atom stereocenters. The second-order valence-corrected chi connectivity index (χ2v) is 8.17. The molecule has 1 N–H and O–H groups in total. The van der Waals surface area contributed by atoms with E-state index in [4.69, 9.17) is 4.74 Å². The molecule has 3 aromatic rings. The minimum atomic E-state index is -0.202. The Morgan fingerprint density at radius 1 is 1.24 bits per heavy atom. The molecule has 1 aromatic carbocycles. The highest BCUT2D eigenvalue weighted by Gasteiger charge is 2.25. The van der Waals surface area contributed by atoms with Gasteiger partial charge in [0.05, 0.1) is 13.5 Å². The van der Waals surface area contributed by atoms with E-state index >= 15 is 0 Å². The van der Waals surface area contributed by atoms with Gasteiger partial charge in [0.15, 0.2) is 0 Å². The smallest absolute Gasteiger partial charge is 0.348 e. The molecule has 0 bridgehead atoms. The number of hydrogen-bond donors (Lipinski definition) is 1. The number of nitrogens with one attached hydrogen (secondary N) is 1. The van der Waals surface area contributed by atoms with Gasteiger partial charge in [-0.05, 0) is 42.3 Å². The van der Waals surface area contributed by atoms with E-state index in [0.29, 0.717) is 12.3 Å². The summed E-state index contributed by atoms with van der Waals surface area (Å²) in [6, 6.07) is 11.5. The maximum absolute atomic E-state index is 12.7. The number of para-hydroxylation sites is 1. The standard InChI is InChI=1S/C21H24N4O3S/c1-28-17-6-3-2-5-16(17)14-19(26)24-10-8-15(9-11-24)13-18-22-23-21(27)25(18)20-7-4-12-29-20/h2-7,12,15H,8-11,13-14H2,1H3,(H,23,27). The highest BCUT2D eigenvalue weighted by atomic mass is 32.1. The molecule has 8 heteroatoms. The Hall–Kier alpha value is -2.87. The molecular weight excluding hydrogens is 388 g/mol. The van der Waals surface area contributed by atoms with E-state index in [1.807, 2.05) is 46.7 Å². The van der Waals surface area contributed by atoms with Crippen molar-refractivity contribution < 1.29 is 9.53 Å². The first kappa shape index (κ1) is 19.4. The number of thiophene rings is 1. The zero-order valence-corrected chi connectivity index (χ0v) is 17.2.